The molecule has 9 heteroatoms. The molecule has 1 saturated carbocycles. The van der Waals surface area contributed by atoms with Gasteiger partial charge in [0.1, 0.15) is 22.1 Å². The Morgan fingerprint density at radius 3 is 2.72 bits per heavy atom. The van der Waals surface area contributed by atoms with Crippen LogP contribution in [0.15, 0.2) is 12.3 Å². The second-order valence-corrected chi connectivity index (χ2v) is 9.10. The van der Waals surface area contributed by atoms with Crippen LogP contribution < -0.4 is 10.2 Å². The van der Waals surface area contributed by atoms with Crippen molar-refractivity contribution in [2.24, 2.45) is 5.92 Å². The van der Waals surface area contributed by atoms with Gasteiger partial charge in [0.15, 0.2) is 5.65 Å². The van der Waals surface area contributed by atoms with Crippen LogP contribution >= 0.6 is 11.6 Å². The van der Waals surface area contributed by atoms with E-state index < -0.39 is 11.7 Å². The summed E-state index contributed by atoms with van der Waals surface area (Å²) in [6.07, 6.45) is 5.13. The van der Waals surface area contributed by atoms with Gasteiger partial charge in [-0.3, -0.25) is 9.69 Å². The topological polar surface area (TPSA) is 88.8 Å². The smallest absolute Gasteiger partial charge is 0.415 e. The van der Waals surface area contributed by atoms with Gasteiger partial charge in [0.25, 0.3) is 5.91 Å². The lowest BCUT2D eigenvalue weighted by Gasteiger charge is -2.27. The number of amides is 2. The van der Waals surface area contributed by atoms with Crippen LogP contribution in [0.25, 0.3) is 5.65 Å². The lowest BCUT2D eigenvalue weighted by atomic mass is 9.87. The second-order valence-electron chi connectivity index (χ2n) is 8.71. The number of fused-ring (bicyclic) bond motifs is 1. The van der Waals surface area contributed by atoms with Gasteiger partial charge >= 0.3 is 6.09 Å². The molecule has 2 aromatic heterocycles. The van der Waals surface area contributed by atoms with E-state index in [1.54, 1.807) is 27.8 Å². The summed E-state index contributed by atoms with van der Waals surface area (Å²) in [5, 5.41) is 7.52. The normalized spacial score (nSPS) is 19.8. The Kier molecular flexibility index (Phi) is 6.03. The number of carbonyl (C=O) groups excluding carboxylic acids is 2. The van der Waals surface area contributed by atoms with Crippen LogP contribution in [-0.2, 0) is 4.74 Å². The summed E-state index contributed by atoms with van der Waals surface area (Å²) in [6, 6.07) is 1.65. The molecule has 2 amide bonds. The molecule has 1 N–H and O–H groups in total. The zero-order valence-electron chi connectivity index (χ0n) is 17.5. The van der Waals surface area contributed by atoms with Crippen LogP contribution in [0.1, 0.15) is 63.7 Å². The highest BCUT2D eigenvalue weighted by Gasteiger charge is 2.26. The fourth-order valence-corrected chi connectivity index (χ4v) is 3.75. The maximum absolute atomic E-state index is 12.9. The van der Waals surface area contributed by atoms with E-state index in [4.69, 9.17) is 16.3 Å². The Balaban J connectivity index is 1.88. The molecule has 8 nitrogen and oxygen atoms in total. The average Bonchev–Trinajstić information content (AvgIpc) is 3.02. The van der Waals surface area contributed by atoms with Crippen molar-refractivity contribution in [3.05, 3.63) is 23.0 Å². The average molecular weight is 422 g/mol. The molecule has 0 aliphatic heterocycles. The van der Waals surface area contributed by atoms with Crippen molar-refractivity contribution in [3.63, 3.8) is 0 Å². The molecule has 158 valence electrons. The number of aromatic nitrogens is 3. The fraction of sp³-hybridized carbons (Fsp3) is 0.600. The van der Waals surface area contributed by atoms with Gasteiger partial charge < -0.3 is 10.1 Å². The van der Waals surface area contributed by atoms with Gasteiger partial charge in [0.2, 0.25) is 0 Å². The minimum Gasteiger partial charge on any atom is -0.443 e. The van der Waals surface area contributed by atoms with Gasteiger partial charge in [-0.05, 0) is 39.5 Å². The summed E-state index contributed by atoms with van der Waals surface area (Å²) < 4.78 is 6.84. The van der Waals surface area contributed by atoms with Gasteiger partial charge in [-0.25, -0.2) is 9.78 Å². The molecule has 1 aliphatic rings. The molecule has 3 rings (SSSR count). The highest BCUT2D eigenvalue weighted by molar-refractivity contribution is 6.30. The first kappa shape index (κ1) is 21.4. The van der Waals surface area contributed by atoms with Gasteiger partial charge in [-0.1, -0.05) is 31.4 Å². The molecule has 2 aromatic rings. The first-order chi connectivity index (χ1) is 13.5. The number of anilines is 1. The predicted molar refractivity (Wildman–Crippen MR) is 112 cm³/mol. The van der Waals surface area contributed by atoms with Gasteiger partial charge in [-0.15, -0.1) is 0 Å². The van der Waals surface area contributed by atoms with Crippen molar-refractivity contribution in [1.29, 1.82) is 0 Å². The number of rotatable bonds is 3. The predicted octanol–water partition coefficient (Wildman–Crippen LogP) is 4.06. The number of ether oxygens (including phenoxy) is 1. The summed E-state index contributed by atoms with van der Waals surface area (Å²) in [5.74, 6) is 0.721. The molecule has 0 radical (unpaired) electrons. The van der Waals surface area contributed by atoms with Crippen molar-refractivity contribution in [3.8, 4) is 0 Å². The Morgan fingerprint density at radius 1 is 1.34 bits per heavy atom. The third kappa shape index (κ3) is 4.98. The number of hydrogen-bond donors (Lipinski definition) is 1. The Bertz CT molecular complexity index is 921. The molecule has 29 heavy (non-hydrogen) atoms. The lowest BCUT2D eigenvalue weighted by molar-refractivity contribution is 0.0587. The van der Waals surface area contributed by atoms with Crippen molar-refractivity contribution >= 4 is 35.1 Å². The van der Waals surface area contributed by atoms with E-state index in [9.17, 15) is 9.59 Å². The van der Waals surface area contributed by atoms with Crippen LogP contribution in [-0.4, -0.2) is 45.3 Å². The largest absolute Gasteiger partial charge is 0.443 e. The quantitative estimate of drug-likeness (QED) is 0.755. The van der Waals surface area contributed by atoms with Crippen molar-refractivity contribution < 1.29 is 14.3 Å². The van der Waals surface area contributed by atoms with Crippen molar-refractivity contribution in [2.75, 3.05) is 11.9 Å². The van der Waals surface area contributed by atoms with E-state index in [0.717, 1.165) is 19.3 Å². The molecule has 2 heterocycles. The minimum atomic E-state index is -0.645. The van der Waals surface area contributed by atoms with Gasteiger partial charge in [0.05, 0.1) is 6.20 Å². The molecule has 0 spiro atoms. The van der Waals surface area contributed by atoms with E-state index in [1.807, 2.05) is 0 Å². The Hall–Kier alpha value is -2.35. The van der Waals surface area contributed by atoms with Crippen LogP contribution in [0.2, 0.25) is 5.15 Å². The number of carbonyl (C=O) groups is 2. The van der Waals surface area contributed by atoms with E-state index in [2.05, 4.69) is 22.3 Å². The standard InChI is InChI=1S/C20H28ClN5O3/c1-12-7-6-8-13(9-12)23-18(27)14-11-22-26-16(10-15(21)24-17(14)26)25(5)19(28)29-20(2,3)4/h10-13H,6-9H2,1-5H3,(H,23,27). The van der Waals surface area contributed by atoms with Crippen molar-refractivity contribution in [2.45, 2.75) is 65.0 Å². The van der Waals surface area contributed by atoms with Crippen molar-refractivity contribution in [1.82, 2.24) is 19.9 Å². The second kappa shape index (κ2) is 8.18. The van der Waals surface area contributed by atoms with Crippen LogP contribution in [0, 0.1) is 5.92 Å². The van der Waals surface area contributed by atoms with E-state index in [0.29, 0.717) is 22.9 Å². The highest BCUT2D eigenvalue weighted by Crippen LogP contribution is 2.25. The molecule has 2 unspecified atom stereocenters. The maximum atomic E-state index is 12.9. The molecule has 0 saturated heterocycles. The lowest BCUT2D eigenvalue weighted by Crippen LogP contribution is -2.38. The van der Waals surface area contributed by atoms with Gasteiger partial charge in [0, 0.05) is 19.2 Å². The van der Waals surface area contributed by atoms with Crippen LogP contribution in [0.5, 0.6) is 0 Å². The number of nitrogens with one attached hydrogen (secondary N) is 1. The zero-order valence-corrected chi connectivity index (χ0v) is 18.3. The number of nitrogens with zero attached hydrogens (tertiary/aromatic N) is 4. The SMILES string of the molecule is CC1CCCC(NC(=O)c2cnn3c(N(C)C(=O)OC(C)(C)C)cc(Cl)nc23)C1. The molecular weight excluding hydrogens is 394 g/mol. The Labute approximate surface area is 175 Å². The van der Waals surface area contributed by atoms with E-state index in [1.165, 1.54) is 28.1 Å². The first-order valence-corrected chi connectivity index (χ1v) is 10.2. The Morgan fingerprint density at radius 2 is 2.07 bits per heavy atom. The maximum Gasteiger partial charge on any atom is 0.415 e. The van der Waals surface area contributed by atoms with Crippen LogP contribution in [0.3, 0.4) is 0 Å². The molecule has 1 aliphatic carbocycles. The summed E-state index contributed by atoms with van der Waals surface area (Å²) in [6.45, 7) is 7.57. The van der Waals surface area contributed by atoms with Gasteiger partial charge in [-0.2, -0.15) is 9.61 Å². The summed E-state index contributed by atoms with van der Waals surface area (Å²) >= 11 is 6.19. The molecule has 1 fully saturated rings. The summed E-state index contributed by atoms with van der Waals surface area (Å²) in [5.41, 5.74) is -0.0260. The third-order valence-corrected chi connectivity index (χ3v) is 5.14. The number of halogens is 1. The number of hydrogen-bond acceptors (Lipinski definition) is 5. The summed E-state index contributed by atoms with van der Waals surface area (Å²) in [7, 11) is 1.56. The summed E-state index contributed by atoms with van der Waals surface area (Å²) in [4.78, 5) is 30.9. The van der Waals surface area contributed by atoms with E-state index >= 15 is 0 Å². The minimum absolute atomic E-state index is 0.143. The first-order valence-electron chi connectivity index (χ1n) is 9.87. The zero-order chi connectivity index (χ0) is 21.3. The molecule has 0 aromatic carbocycles. The monoisotopic (exact) mass is 421 g/mol. The highest BCUT2D eigenvalue weighted by atomic mass is 35.5. The van der Waals surface area contributed by atoms with Crippen LogP contribution in [0.4, 0.5) is 10.6 Å². The molecule has 0 bridgehead atoms. The molecule has 2 atom stereocenters. The molecular formula is C20H28ClN5O3. The third-order valence-electron chi connectivity index (χ3n) is 4.95. The fourth-order valence-electron chi connectivity index (χ4n) is 3.57. The van der Waals surface area contributed by atoms with E-state index in [-0.39, 0.29) is 17.1 Å².